The quantitative estimate of drug-likeness (QED) is 0.290. The highest BCUT2D eigenvalue weighted by molar-refractivity contribution is 6.01. The van der Waals surface area contributed by atoms with Crippen molar-refractivity contribution in [1.29, 1.82) is 0 Å². The first-order valence-corrected chi connectivity index (χ1v) is 12.2. The van der Waals surface area contributed by atoms with Gasteiger partial charge in [0.2, 0.25) is 5.91 Å². The van der Waals surface area contributed by atoms with Crippen LogP contribution in [-0.2, 0) is 16.0 Å². The Morgan fingerprint density at radius 2 is 1.86 bits per heavy atom. The molecule has 0 saturated carbocycles. The molecule has 1 atom stereocenters. The van der Waals surface area contributed by atoms with E-state index in [1.54, 1.807) is 19.2 Å². The van der Waals surface area contributed by atoms with Crippen molar-refractivity contribution >= 4 is 23.4 Å². The molecular formula is C26H35N3O7. The number of carbonyl (C=O) groups is 2. The molecule has 10 nitrogen and oxygen atoms in total. The summed E-state index contributed by atoms with van der Waals surface area (Å²) in [7, 11) is 1.61. The average molecular weight is 502 g/mol. The molecule has 1 unspecified atom stereocenters. The summed E-state index contributed by atoms with van der Waals surface area (Å²) < 4.78 is 21.8. The standard InChI is InChI=1S/C26H35N3O7/c1-3-4-14-35-26(32)28-22-10-11-23(21-9-12-24(31)29-25(21)22)36-17-18(30)16-27-13-15-34-20-7-5-19(33-2)6-8-20/h5-8,10-11,18,27,30H,3-4,9,12-17H2,1-2H3,(H,28,32)(H,29,31). The highest BCUT2D eigenvalue weighted by atomic mass is 16.5. The number of fused-ring (bicyclic) bond motifs is 1. The third kappa shape index (κ3) is 8.31. The molecule has 10 heteroatoms. The average Bonchev–Trinajstić information content (AvgIpc) is 2.88. The third-order valence-corrected chi connectivity index (χ3v) is 5.52. The summed E-state index contributed by atoms with van der Waals surface area (Å²) >= 11 is 0. The van der Waals surface area contributed by atoms with E-state index in [9.17, 15) is 14.7 Å². The predicted octanol–water partition coefficient (Wildman–Crippen LogP) is 3.34. The van der Waals surface area contributed by atoms with Crippen LogP contribution in [0.5, 0.6) is 17.2 Å². The number of aliphatic hydroxyl groups excluding tert-OH is 1. The van der Waals surface area contributed by atoms with E-state index < -0.39 is 12.2 Å². The molecule has 0 fully saturated rings. The van der Waals surface area contributed by atoms with E-state index in [4.69, 9.17) is 18.9 Å². The molecule has 0 radical (unpaired) electrons. The van der Waals surface area contributed by atoms with Crippen molar-refractivity contribution in [3.63, 3.8) is 0 Å². The Morgan fingerprint density at radius 1 is 1.08 bits per heavy atom. The second-order valence-corrected chi connectivity index (χ2v) is 8.32. The maximum atomic E-state index is 12.1. The van der Waals surface area contributed by atoms with E-state index in [0.29, 0.717) is 56.3 Å². The summed E-state index contributed by atoms with van der Waals surface area (Å²) in [5.41, 5.74) is 1.72. The van der Waals surface area contributed by atoms with Gasteiger partial charge in [0, 0.05) is 25.1 Å². The van der Waals surface area contributed by atoms with Crippen molar-refractivity contribution in [2.45, 2.75) is 38.7 Å². The third-order valence-electron chi connectivity index (χ3n) is 5.52. The Bertz CT molecular complexity index is 998. The smallest absolute Gasteiger partial charge is 0.411 e. The maximum Gasteiger partial charge on any atom is 0.411 e. The fraction of sp³-hybridized carbons (Fsp3) is 0.462. The molecule has 0 bridgehead atoms. The van der Waals surface area contributed by atoms with E-state index in [2.05, 4.69) is 16.0 Å². The summed E-state index contributed by atoms with van der Waals surface area (Å²) in [6.45, 7) is 3.74. The van der Waals surface area contributed by atoms with Crippen LogP contribution in [0.3, 0.4) is 0 Å². The number of ether oxygens (including phenoxy) is 4. The van der Waals surface area contributed by atoms with Gasteiger partial charge in [0.15, 0.2) is 0 Å². The summed E-state index contributed by atoms with van der Waals surface area (Å²) in [4.78, 5) is 24.1. The van der Waals surface area contributed by atoms with Gasteiger partial charge >= 0.3 is 6.09 Å². The Labute approximate surface area is 211 Å². The van der Waals surface area contributed by atoms with Crippen LogP contribution < -0.4 is 30.2 Å². The molecule has 0 aliphatic carbocycles. The number of amides is 2. The monoisotopic (exact) mass is 501 g/mol. The van der Waals surface area contributed by atoms with E-state index in [1.165, 1.54) is 0 Å². The van der Waals surface area contributed by atoms with Gasteiger partial charge in [-0.15, -0.1) is 0 Å². The first-order valence-electron chi connectivity index (χ1n) is 12.2. The van der Waals surface area contributed by atoms with Crippen LogP contribution in [0, 0.1) is 0 Å². The zero-order valence-electron chi connectivity index (χ0n) is 20.8. The lowest BCUT2D eigenvalue weighted by Gasteiger charge is -2.24. The van der Waals surface area contributed by atoms with Gasteiger partial charge in [-0.25, -0.2) is 4.79 Å². The number of hydrogen-bond acceptors (Lipinski definition) is 8. The molecule has 36 heavy (non-hydrogen) atoms. The van der Waals surface area contributed by atoms with Crippen LogP contribution in [0.15, 0.2) is 36.4 Å². The Balaban J connectivity index is 1.45. The highest BCUT2D eigenvalue weighted by Gasteiger charge is 2.23. The largest absolute Gasteiger partial charge is 0.497 e. The summed E-state index contributed by atoms with van der Waals surface area (Å²) in [5, 5.41) is 19.0. The van der Waals surface area contributed by atoms with Crippen LogP contribution in [0.25, 0.3) is 0 Å². The number of carbonyl (C=O) groups excluding carboxylic acids is 2. The molecule has 3 rings (SSSR count). The van der Waals surface area contributed by atoms with Crippen molar-refractivity contribution in [3.8, 4) is 17.2 Å². The Hall–Kier alpha value is -3.50. The SMILES string of the molecule is CCCCOC(=O)Nc1ccc(OCC(O)CNCCOc2ccc(OC)cc2)c2c1NC(=O)CC2. The Morgan fingerprint density at radius 3 is 2.61 bits per heavy atom. The molecule has 0 spiro atoms. The minimum absolute atomic E-state index is 0.0680. The molecule has 196 valence electrons. The van der Waals surface area contributed by atoms with E-state index in [-0.39, 0.29) is 12.5 Å². The van der Waals surface area contributed by atoms with Gasteiger partial charge in [-0.1, -0.05) is 13.3 Å². The number of hydrogen-bond donors (Lipinski definition) is 4. The summed E-state index contributed by atoms with van der Waals surface area (Å²) in [5.74, 6) is 1.92. The number of benzene rings is 2. The van der Waals surface area contributed by atoms with Gasteiger partial charge in [-0.2, -0.15) is 0 Å². The number of nitrogens with one attached hydrogen (secondary N) is 3. The number of aliphatic hydroxyl groups is 1. The second kappa shape index (κ2) is 14.2. The van der Waals surface area contributed by atoms with Crippen LogP contribution in [-0.4, -0.2) is 63.2 Å². The lowest BCUT2D eigenvalue weighted by molar-refractivity contribution is -0.116. The minimum atomic E-state index is -0.744. The number of methoxy groups -OCH3 is 1. The normalized spacial score (nSPS) is 13.2. The molecule has 0 saturated heterocycles. The lowest BCUT2D eigenvalue weighted by Crippen LogP contribution is -2.34. The van der Waals surface area contributed by atoms with Crippen LogP contribution in [0.2, 0.25) is 0 Å². The highest BCUT2D eigenvalue weighted by Crippen LogP contribution is 2.37. The first-order chi connectivity index (χ1) is 17.5. The van der Waals surface area contributed by atoms with Crippen LogP contribution >= 0.6 is 0 Å². The van der Waals surface area contributed by atoms with Crippen molar-refractivity contribution < 1.29 is 33.6 Å². The molecular weight excluding hydrogens is 466 g/mol. The van der Waals surface area contributed by atoms with Crippen molar-refractivity contribution in [2.24, 2.45) is 0 Å². The molecule has 4 N–H and O–H groups in total. The van der Waals surface area contributed by atoms with Crippen molar-refractivity contribution in [1.82, 2.24) is 5.32 Å². The van der Waals surface area contributed by atoms with E-state index in [0.717, 1.165) is 29.9 Å². The maximum absolute atomic E-state index is 12.1. The molecule has 1 aliphatic rings. The van der Waals surface area contributed by atoms with E-state index in [1.807, 2.05) is 31.2 Å². The molecule has 1 heterocycles. The molecule has 2 aromatic rings. The first kappa shape index (κ1) is 27.1. The van der Waals surface area contributed by atoms with Gasteiger partial charge in [0.25, 0.3) is 0 Å². The van der Waals surface area contributed by atoms with Gasteiger partial charge in [-0.3, -0.25) is 10.1 Å². The fourth-order valence-electron chi connectivity index (χ4n) is 3.58. The van der Waals surface area contributed by atoms with Crippen LogP contribution in [0.1, 0.15) is 31.7 Å². The molecule has 2 amide bonds. The lowest BCUT2D eigenvalue weighted by atomic mass is 10.0. The molecule has 2 aromatic carbocycles. The zero-order chi connectivity index (χ0) is 25.8. The minimum Gasteiger partial charge on any atom is -0.497 e. The van der Waals surface area contributed by atoms with Crippen molar-refractivity contribution in [3.05, 3.63) is 42.0 Å². The molecule has 1 aliphatic heterocycles. The second-order valence-electron chi connectivity index (χ2n) is 8.32. The van der Waals surface area contributed by atoms with Gasteiger partial charge in [0.1, 0.15) is 36.6 Å². The molecule has 0 aromatic heterocycles. The summed E-state index contributed by atoms with van der Waals surface area (Å²) in [6.07, 6.45) is 1.16. The van der Waals surface area contributed by atoms with E-state index >= 15 is 0 Å². The topological polar surface area (TPSA) is 127 Å². The number of anilines is 2. The number of rotatable bonds is 14. The van der Waals surface area contributed by atoms with Crippen molar-refractivity contribution in [2.75, 3.05) is 50.7 Å². The number of unbranched alkanes of at least 4 members (excludes halogenated alkanes) is 1. The predicted molar refractivity (Wildman–Crippen MR) is 136 cm³/mol. The summed E-state index contributed by atoms with van der Waals surface area (Å²) in [6, 6.07) is 10.7. The van der Waals surface area contributed by atoms with Gasteiger partial charge in [-0.05, 0) is 49.2 Å². The van der Waals surface area contributed by atoms with Crippen LogP contribution in [0.4, 0.5) is 16.2 Å². The zero-order valence-corrected chi connectivity index (χ0v) is 20.8. The fourth-order valence-corrected chi connectivity index (χ4v) is 3.58. The van der Waals surface area contributed by atoms with Gasteiger partial charge in [0.05, 0.1) is 25.1 Å². The Kier molecular flexibility index (Phi) is 10.7. The van der Waals surface area contributed by atoms with Gasteiger partial charge < -0.3 is 34.7 Å².